The van der Waals surface area contributed by atoms with Crippen molar-refractivity contribution < 1.29 is 9.18 Å². The van der Waals surface area contributed by atoms with Gasteiger partial charge in [0.1, 0.15) is 5.82 Å². The van der Waals surface area contributed by atoms with Gasteiger partial charge in [0.05, 0.1) is 5.75 Å². The molecular formula is C18H18Cl2FNOS. The predicted molar refractivity (Wildman–Crippen MR) is 100 cm³/mol. The van der Waals surface area contributed by atoms with Gasteiger partial charge in [-0.05, 0) is 48.2 Å². The molecule has 0 aliphatic rings. The minimum absolute atomic E-state index is 0.0366. The quantitative estimate of drug-likeness (QED) is 0.639. The topological polar surface area (TPSA) is 29.1 Å². The lowest BCUT2D eigenvalue weighted by atomic mass is 10.1. The number of amides is 1. The first-order chi connectivity index (χ1) is 11.5. The Morgan fingerprint density at radius 1 is 1.08 bits per heavy atom. The van der Waals surface area contributed by atoms with Gasteiger partial charge < -0.3 is 5.32 Å². The summed E-state index contributed by atoms with van der Waals surface area (Å²) in [6.45, 7) is 0.622. The van der Waals surface area contributed by atoms with Gasteiger partial charge in [-0.1, -0.05) is 41.4 Å². The lowest BCUT2D eigenvalue weighted by molar-refractivity contribution is -0.118. The largest absolute Gasteiger partial charge is 0.355 e. The van der Waals surface area contributed by atoms with Crippen LogP contribution in [0.25, 0.3) is 0 Å². The van der Waals surface area contributed by atoms with E-state index in [-0.39, 0.29) is 11.7 Å². The summed E-state index contributed by atoms with van der Waals surface area (Å²) in [5.74, 6) is 0.383. The SMILES string of the molecule is O=C(CSCc1ccc(Cl)cc1F)NCCCc1ccc(Cl)cc1. The third-order valence-corrected chi connectivity index (χ3v) is 4.85. The molecule has 0 unspecified atom stereocenters. The highest BCUT2D eigenvalue weighted by Crippen LogP contribution is 2.19. The summed E-state index contributed by atoms with van der Waals surface area (Å²) >= 11 is 12.9. The van der Waals surface area contributed by atoms with Gasteiger partial charge in [-0.2, -0.15) is 0 Å². The van der Waals surface area contributed by atoms with Gasteiger partial charge in [0.2, 0.25) is 5.91 Å². The van der Waals surface area contributed by atoms with Crippen molar-refractivity contribution in [1.29, 1.82) is 0 Å². The molecule has 0 heterocycles. The highest BCUT2D eigenvalue weighted by atomic mass is 35.5. The smallest absolute Gasteiger partial charge is 0.230 e. The van der Waals surface area contributed by atoms with Gasteiger partial charge in [-0.15, -0.1) is 11.8 Å². The first-order valence-electron chi connectivity index (χ1n) is 7.57. The summed E-state index contributed by atoms with van der Waals surface area (Å²) in [4.78, 5) is 11.8. The van der Waals surface area contributed by atoms with E-state index in [1.165, 1.54) is 23.4 Å². The Kier molecular flexibility index (Phi) is 7.89. The van der Waals surface area contributed by atoms with Crippen molar-refractivity contribution in [2.45, 2.75) is 18.6 Å². The maximum atomic E-state index is 13.6. The molecule has 0 aromatic heterocycles. The molecule has 0 fully saturated rings. The highest BCUT2D eigenvalue weighted by Gasteiger charge is 2.06. The Morgan fingerprint density at radius 2 is 1.79 bits per heavy atom. The lowest BCUT2D eigenvalue weighted by Gasteiger charge is -2.06. The molecule has 0 saturated carbocycles. The van der Waals surface area contributed by atoms with Crippen LogP contribution >= 0.6 is 35.0 Å². The third kappa shape index (κ3) is 6.71. The van der Waals surface area contributed by atoms with E-state index in [1.807, 2.05) is 24.3 Å². The molecule has 0 bridgehead atoms. The van der Waals surface area contributed by atoms with E-state index >= 15 is 0 Å². The van der Waals surface area contributed by atoms with Crippen LogP contribution in [0.15, 0.2) is 42.5 Å². The van der Waals surface area contributed by atoms with E-state index < -0.39 is 0 Å². The molecule has 0 radical (unpaired) electrons. The van der Waals surface area contributed by atoms with E-state index in [2.05, 4.69) is 5.32 Å². The maximum Gasteiger partial charge on any atom is 0.230 e. The molecule has 0 aliphatic carbocycles. The second-order valence-corrected chi connectivity index (χ2v) is 7.17. The average molecular weight is 386 g/mol. The van der Waals surface area contributed by atoms with Crippen LogP contribution in [0.3, 0.4) is 0 Å². The van der Waals surface area contributed by atoms with Gasteiger partial charge in [0.15, 0.2) is 0 Å². The van der Waals surface area contributed by atoms with Crippen LogP contribution in [0.2, 0.25) is 10.0 Å². The first kappa shape index (κ1) is 19.1. The number of rotatable bonds is 8. The van der Waals surface area contributed by atoms with Crippen molar-refractivity contribution in [3.05, 3.63) is 69.5 Å². The Morgan fingerprint density at radius 3 is 2.50 bits per heavy atom. The molecule has 0 spiro atoms. The molecule has 6 heteroatoms. The van der Waals surface area contributed by atoms with Crippen molar-refractivity contribution in [2.24, 2.45) is 0 Å². The molecule has 1 amide bonds. The van der Waals surface area contributed by atoms with Gasteiger partial charge in [0.25, 0.3) is 0 Å². The van der Waals surface area contributed by atoms with Crippen LogP contribution in [0.1, 0.15) is 17.5 Å². The fourth-order valence-electron chi connectivity index (χ4n) is 2.11. The van der Waals surface area contributed by atoms with Crippen LogP contribution in [0, 0.1) is 5.82 Å². The Hall–Kier alpha value is -1.23. The molecule has 2 nitrogen and oxygen atoms in total. The van der Waals surface area contributed by atoms with Crippen molar-refractivity contribution in [3.8, 4) is 0 Å². The number of aryl methyl sites for hydroxylation is 1. The fourth-order valence-corrected chi connectivity index (χ4v) is 3.24. The lowest BCUT2D eigenvalue weighted by Crippen LogP contribution is -2.26. The number of benzene rings is 2. The van der Waals surface area contributed by atoms with Gasteiger partial charge in [-0.25, -0.2) is 4.39 Å². The number of halogens is 3. The van der Waals surface area contributed by atoms with Crippen molar-refractivity contribution >= 4 is 40.9 Å². The van der Waals surface area contributed by atoms with Crippen LogP contribution in [0.4, 0.5) is 4.39 Å². The van der Waals surface area contributed by atoms with E-state index in [1.54, 1.807) is 12.1 Å². The molecule has 2 aromatic rings. The first-order valence-corrected chi connectivity index (χ1v) is 9.48. The Labute approximate surface area is 155 Å². The maximum absolute atomic E-state index is 13.6. The number of nitrogens with one attached hydrogen (secondary N) is 1. The zero-order valence-corrected chi connectivity index (χ0v) is 15.4. The fraction of sp³-hybridized carbons (Fsp3) is 0.278. The predicted octanol–water partition coefficient (Wildman–Crippen LogP) is 5.11. The summed E-state index contributed by atoms with van der Waals surface area (Å²) in [6, 6.07) is 12.3. The normalized spacial score (nSPS) is 10.6. The number of hydrogen-bond acceptors (Lipinski definition) is 2. The number of carbonyl (C=O) groups is 1. The van der Waals surface area contributed by atoms with Crippen LogP contribution in [0.5, 0.6) is 0 Å². The third-order valence-electron chi connectivity index (χ3n) is 3.38. The van der Waals surface area contributed by atoms with E-state index in [9.17, 15) is 9.18 Å². The summed E-state index contributed by atoms with van der Waals surface area (Å²) in [5.41, 5.74) is 1.75. The van der Waals surface area contributed by atoms with Crippen molar-refractivity contribution in [3.63, 3.8) is 0 Å². The Balaban J connectivity index is 1.60. The molecule has 0 aliphatic heterocycles. The summed E-state index contributed by atoms with van der Waals surface area (Å²) in [6.07, 6.45) is 1.75. The minimum Gasteiger partial charge on any atom is -0.355 e. The number of hydrogen-bond donors (Lipinski definition) is 1. The highest BCUT2D eigenvalue weighted by molar-refractivity contribution is 7.99. The van der Waals surface area contributed by atoms with Gasteiger partial charge in [0, 0.05) is 22.3 Å². The molecule has 24 heavy (non-hydrogen) atoms. The second kappa shape index (κ2) is 9.92. The second-order valence-electron chi connectivity index (χ2n) is 5.31. The average Bonchev–Trinajstić information content (AvgIpc) is 2.55. The molecule has 0 atom stereocenters. The summed E-state index contributed by atoms with van der Waals surface area (Å²) in [5, 5.41) is 3.97. The number of carbonyl (C=O) groups excluding carboxylic acids is 1. The molecule has 2 rings (SSSR count). The van der Waals surface area contributed by atoms with Gasteiger partial charge >= 0.3 is 0 Å². The monoisotopic (exact) mass is 385 g/mol. The minimum atomic E-state index is -0.335. The standard InChI is InChI=1S/C18H18Cl2FNOS/c19-15-6-3-13(4-7-15)2-1-9-22-18(23)12-24-11-14-5-8-16(20)10-17(14)21/h3-8,10H,1-2,9,11-12H2,(H,22,23). The van der Waals surface area contributed by atoms with E-state index in [0.717, 1.165) is 17.9 Å². The zero-order chi connectivity index (χ0) is 17.4. The van der Waals surface area contributed by atoms with E-state index in [4.69, 9.17) is 23.2 Å². The van der Waals surface area contributed by atoms with Crippen LogP contribution in [-0.2, 0) is 17.0 Å². The molecule has 0 saturated heterocycles. The zero-order valence-electron chi connectivity index (χ0n) is 13.0. The van der Waals surface area contributed by atoms with Crippen LogP contribution < -0.4 is 5.32 Å². The Bertz CT molecular complexity index is 679. The van der Waals surface area contributed by atoms with Crippen molar-refractivity contribution in [2.75, 3.05) is 12.3 Å². The molecule has 2 aromatic carbocycles. The van der Waals surface area contributed by atoms with E-state index in [0.29, 0.717) is 28.6 Å². The molecule has 128 valence electrons. The molecule has 1 N–H and O–H groups in total. The van der Waals surface area contributed by atoms with Gasteiger partial charge in [-0.3, -0.25) is 4.79 Å². The summed E-state index contributed by atoms with van der Waals surface area (Å²) in [7, 11) is 0. The summed E-state index contributed by atoms with van der Waals surface area (Å²) < 4.78 is 13.6. The van der Waals surface area contributed by atoms with Crippen molar-refractivity contribution in [1.82, 2.24) is 5.32 Å². The van der Waals surface area contributed by atoms with Crippen LogP contribution in [-0.4, -0.2) is 18.2 Å². The molecular weight excluding hydrogens is 368 g/mol. The number of thioether (sulfide) groups is 1.